The maximum absolute atomic E-state index is 12.4. The summed E-state index contributed by atoms with van der Waals surface area (Å²) in [5, 5.41) is 4.00. The maximum atomic E-state index is 12.4. The highest BCUT2D eigenvalue weighted by Crippen LogP contribution is 2.29. The molecule has 0 saturated heterocycles. The lowest BCUT2D eigenvalue weighted by atomic mass is 10.1. The lowest BCUT2D eigenvalue weighted by molar-refractivity contribution is -0.117. The van der Waals surface area contributed by atoms with Crippen molar-refractivity contribution < 1.29 is 14.3 Å². The van der Waals surface area contributed by atoms with Crippen molar-refractivity contribution in [2.75, 3.05) is 14.2 Å². The molecule has 0 aliphatic carbocycles. The Labute approximate surface area is 158 Å². The Morgan fingerprint density at radius 2 is 1.93 bits per heavy atom. The van der Waals surface area contributed by atoms with Crippen molar-refractivity contribution in [1.82, 2.24) is 10.3 Å². The molecule has 1 heterocycles. The zero-order valence-electron chi connectivity index (χ0n) is 15.6. The number of benzene rings is 2. The first-order valence-electron chi connectivity index (χ1n) is 8.66. The molecule has 3 rings (SSSR count). The number of nitrogens with one attached hydrogen (secondary N) is 1. The summed E-state index contributed by atoms with van der Waals surface area (Å²) < 4.78 is 10.7. The number of pyridine rings is 1. The molecule has 1 unspecified atom stereocenters. The molecule has 5 nitrogen and oxygen atoms in total. The average molecular weight is 362 g/mol. The molecular weight excluding hydrogens is 340 g/mol. The minimum absolute atomic E-state index is 0.194. The van der Waals surface area contributed by atoms with E-state index in [2.05, 4.69) is 10.3 Å². The van der Waals surface area contributed by atoms with Crippen LogP contribution in [-0.4, -0.2) is 25.1 Å². The van der Waals surface area contributed by atoms with E-state index in [1.54, 1.807) is 26.5 Å². The van der Waals surface area contributed by atoms with Crippen LogP contribution in [0.25, 0.3) is 17.0 Å². The predicted molar refractivity (Wildman–Crippen MR) is 107 cm³/mol. The Morgan fingerprint density at radius 1 is 1.11 bits per heavy atom. The summed E-state index contributed by atoms with van der Waals surface area (Å²) in [6.45, 7) is 1.91. The van der Waals surface area contributed by atoms with Crippen LogP contribution in [0.2, 0.25) is 0 Å². The van der Waals surface area contributed by atoms with Crippen molar-refractivity contribution >= 4 is 22.9 Å². The third kappa shape index (κ3) is 4.26. The molecule has 1 N–H and O–H groups in total. The van der Waals surface area contributed by atoms with Crippen molar-refractivity contribution in [2.24, 2.45) is 0 Å². The first-order valence-corrected chi connectivity index (χ1v) is 8.66. The zero-order valence-corrected chi connectivity index (χ0v) is 15.6. The number of carbonyl (C=O) groups is 1. The van der Waals surface area contributed by atoms with Gasteiger partial charge >= 0.3 is 0 Å². The van der Waals surface area contributed by atoms with Crippen molar-refractivity contribution in [3.8, 4) is 11.5 Å². The van der Waals surface area contributed by atoms with E-state index in [1.807, 2.05) is 55.5 Å². The molecule has 5 heteroatoms. The third-order valence-electron chi connectivity index (χ3n) is 4.34. The number of fused-ring (bicyclic) bond motifs is 1. The van der Waals surface area contributed by atoms with Crippen LogP contribution in [0.5, 0.6) is 11.5 Å². The zero-order chi connectivity index (χ0) is 19.2. The van der Waals surface area contributed by atoms with Gasteiger partial charge in [0.15, 0.2) is 0 Å². The van der Waals surface area contributed by atoms with Crippen LogP contribution in [0.15, 0.2) is 60.8 Å². The molecule has 2 aromatic carbocycles. The molecule has 138 valence electrons. The Hall–Kier alpha value is -3.34. The summed E-state index contributed by atoms with van der Waals surface area (Å²) in [7, 11) is 3.21. The van der Waals surface area contributed by atoms with Crippen LogP contribution >= 0.6 is 0 Å². The summed E-state index contributed by atoms with van der Waals surface area (Å²) >= 11 is 0. The van der Waals surface area contributed by atoms with Gasteiger partial charge in [0, 0.05) is 28.8 Å². The molecule has 0 saturated carbocycles. The maximum Gasteiger partial charge on any atom is 0.244 e. The van der Waals surface area contributed by atoms with Gasteiger partial charge in [-0.25, -0.2) is 0 Å². The van der Waals surface area contributed by atoms with Crippen LogP contribution in [0, 0.1) is 0 Å². The molecule has 1 atom stereocenters. The number of hydrogen-bond donors (Lipinski definition) is 1. The highest BCUT2D eigenvalue weighted by molar-refractivity contribution is 5.95. The number of para-hydroxylation sites is 1. The third-order valence-corrected chi connectivity index (χ3v) is 4.34. The molecule has 27 heavy (non-hydrogen) atoms. The van der Waals surface area contributed by atoms with Crippen LogP contribution in [0.1, 0.15) is 24.1 Å². The van der Waals surface area contributed by atoms with Gasteiger partial charge in [0.2, 0.25) is 5.91 Å². The molecule has 0 spiro atoms. The van der Waals surface area contributed by atoms with Gasteiger partial charge < -0.3 is 14.8 Å². The van der Waals surface area contributed by atoms with E-state index in [-0.39, 0.29) is 11.9 Å². The van der Waals surface area contributed by atoms with Crippen LogP contribution in [-0.2, 0) is 4.79 Å². The van der Waals surface area contributed by atoms with Crippen molar-refractivity contribution in [2.45, 2.75) is 13.0 Å². The number of hydrogen-bond acceptors (Lipinski definition) is 4. The first kappa shape index (κ1) is 18.5. The highest BCUT2D eigenvalue weighted by atomic mass is 16.5. The second kappa shape index (κ2) is 8.36. The summed E-state index contributed by atoms with van der Waals surface area (Å²) in [6, 6.07) is 15.1. The molecule has 0 aliphatic rings. The van der Waals surface area contributed by atoms with Crippen molar-refractivity contribution in [1.29, 1.82) is 0 Å². The summed E-state index contributed by atoms with van der Waals surface area (Å²) in [5.74, 6) is 1.22. The van der Waals surface area contributed by atoms with Gasteiger partial charge in [-0.3, -0.25) is 9.78 Å². The Kier molecular flexibility index (Phi) is 5.71. The number of aromatic nitrogens is 1. The average Bonchev–Trinajstić information content (AvgIpc) is 2.71. The molecule has 3 aromatic rings. The van der Waals surface area contributed by atoms with E-state index in [0.29, 0.717) is 11.5 Å². The van der Waals surface area contributed by atoms with Gasteiger partial charge in [0.25, 0.3) is 0 Å². The fraction of sp³-hybridized carbons (Fsp3) is 0.182. The summed E-state index contributed by atoms with van der Waals surface area (Å²) in [4.78, 5) is 16.8. The minimum Gasteiger partial charge on any atom is -0.497 e. The first-order chi connectivity index (χ1) is 13.1. The molecule has 1 amide bonds. The van der Waals surface area contributed by atoms with Gasteiger partial charge in [0.05, 0.1) is 25.8 Å². The molecule has 0 radical (unpaired) electrons. The number of amides is 1. The van der Waals surface area contributed by atoms with Crippen LogP contribution in [0.3, 0.4) is 0 Å². The fourth-order valence-electron chi connectivity index (χ4n) is 2.94. The van der Waals surface area contributed by atoms with E-state index < -0.39 is 0 Å². The monoisotopic (exact) mass is 362 g/mol. The van der Waals surface area contributed by atoms with E-state index in [4.69, 9.17) is 9.47 Å². The van der Waals surface area contributed by atoms with Gasteiger partial charge in [-0.15, -0.1) is 0 Å². The topological polar surface area (TPSA) is 60.5 Å². The molecule has 1 aromatic heterocycles. The van der Waals surface area contributed by atoms with Gasteiger partial charge in [0.1, 0.15) is 11.5 Å². The molecule has 0 bridgehead atoms. The van der Waals surface area contributed by atoms with Crippen LogP contribution < -0.4 is 14.8 Å². The number of methoxy groups -OCH3 is 2. The Bertz CT molecular complexity index is 977. The van der Waals surface area contributed by atoms with E-state index in [9.17, 15) is 4.79 Å². The fourth-order valence-corrected chi connectivity index (χ4v) is 2.94. The van der Waals surface area contributed by atoms with Crippen molar-refractivity contribution in [3.63, 3.8) is 0 Å². The van der Waals surface area contributed by atoms with Gasteiger partial charge in [-0.05, 0) is 37.3 Å². The number of rotatable bonds is 6. The lowest BCUT2D eigenvalue weighted by Gasteiger charge is -2.17. The van der Waals surface area contributed by atoms with Gasteiger partial charge in [-0.1, -0.05) is 24.3 Å². The van der Waals surface area contributed by atoms with Gasteiger partial charge in [-0.2, -0.15) is 0 Å². The molecular formula is C22H22N2O3. The quantitative estimate of drug-likeness (QED) is 0.670. The lowest BCUT2D eigenvalue weighted by Crippen LogP contribution is -2.25. The SMILES string of the molecule is COc1ccc(OC)c(C(C)NC(=O)/C=C/c2cccc3cccnc23)c1. The number of nitrogens with zero attached hydrogens (tertiary/aromatic N) is 1. The highest BCUT2D eigenvalue weighted by Gasteiger charge is 2.14. The normalized spacial score (nSPS) is 12.1. The largest absolute Gasteiger partial charge is 0.497 e. The smallest absolute Gasteiger partial charge is 0.244 e. The number of ether oxygens (including phenoxy) is 2. The molecule has 0 aliphatic heterocycles. The number of carbonyl (C=O) groups excluding carboxylic acids is 1. The van der Waals surface area contributed by atoms with Crippen molar-refractivity contribution in [3.05, 3.63) is 71.9 Å². The Balaban J connectivity index is 1.76. The van der Waals surface area contributed by atoms with Crippen LogP contribution in [0.4, 0.5) is 0 Å². The predicted octanol–water partition coefficient (Wildman–Crippen LogP) is 4.14. The summed E-state index contributed by atoms with van der Waals surface area (Å²) in [5.41, 5.74) is 2.62. The second-order valence-corrected chi connectivity index (χ2v) is 6.09. The summed E-state index contributed by atoms with van der Waals surface area (Å²) in [6.07, 6.45) is 5.05. The van der Waals surface area contributed by atoms with E-state index >= 15 is 0 Å². The van der Waals surface area contributed by atoms with E-state index in [1.165, 1.54) is 6.08 Å². The van der Waals surface area contributed by atoms with E-state index in [0.717, 1.165) is 22.0 Å². The molecule has 0 fully saturated rings. The minimum atomic E-state index is -0.238. The standard InChI is InChI=1S/C22H22N2O3/c1-15(19-14-18(26-2)10-11-20(19)27-3)24-21(25)12-9-17-7-4-6-16-8-5-13-23-22(16)17/h4-15H,1-3H3,(H,24,25)/b12-9+. The second-order valence-electron chi connectivity index (χ2n) is 6.09. The Morgan fingerprint density at radius 3 is 2.70 bits per heavy atom.